The van der Waals surface area contributed by atoms with Crippen molar-refractivity contribution in [2.45, 2.75) is 0 Å². The summed E-state index contributed by atoms with van der Waals surface area (Å²) < 4.78 is 8.00. The number of para-hydroxylation sites is 9. The molecule has 0 saturated heterocycles. The second kappa shape index (κ2) is 25.3. The zero-order valence-electron chi connectivity index (χ0n) is 56.8. The maximum atomic E-state index is 8.00. The van der Waals surface area contributed by atoms with Crippen LogP contribution in [0.25, 0.3) is 44.5 Å². The Kier molecular flexibility index (Phi) is 14.7. The van der Waals surface area contributed by atoms with Crippen molar-refractivity contribution in [2.24, 2.45) is 0 Å². The third kappa shape index (κ3) is 9.97. The Morgan fingerprint density at radius 2 is 0.558 bits per heavy atom. The molecule has 0 fully saturated rings. The molecular weight excluding hydrogens is 1260 g/mol. The van der Waals surface area contributed by atoms with E-state index in [9.17, 15) is 0 Å². The lowest BCUT2D eigenvalue weighted by Gasteiger charge is -2.46. The fourth-order valence-corrected chi connectivity index (χ4v) is 16.9. The van der Waals surface area contributed by atoms with Gasteiger partial charge in [-0.1, -0.05) is 291 Å². The Hall–Kier alpha value is -13.6. The van der Waals surface area contributed by atoms with Crippen molar-refractivity contribution in [2.75, 3.05) is 24.5 Å². The first kappa shape index (κ1) is 60.4. The molecule has 0 bridgehead atoms. The normalized spacial score (nSPS) is 12.6. The van der Waals surface area contributed by atoms with Gasteiger partial charge in [0.15, 0.2) is 0 Å². The van der Waals surface area contributed by atoms with Crippen LogP contribution in [0.1, 0.15) is 0 Å². The van der Waals surface area contributed by atoms with Gasteiger partial charge >= 0.3 is 0 Å². The highest BCUT2D eigenvalue weighted by atomic mass is 16.5. The standard InChI is InChI=1S/C96H65B2N5O/c1-8-34-66(35-9-1)75-48-22-28-54-83(75)99(70-42-16-5-17-43-70)73-60-90-95-91(61-73)102(85-56-30-24-50-77(85)68-38-12-3-13-39-68)87-58-32-26-52-79(87)97(95)81-64-82-93(65-89(81)101(90)72-46-20-7-21-47-72)104-94-63-74(100(71-44-18-6-19-45-71)84-55-29-23-49-76(84)67-36-10-2-11-37-67)62-92-96(94)98(82)80-53-27-33-59-88(80)103(92)86-57-31-25-51-78(86)69-40-14-4-15-41-69/h1-65H. The molecule has 0 radical (unpaired) electrons. The van der Waals surface area contributed by atoms with Crippen molar-refractivity contribution in [1.29, 1.82) is 0 Å². The van der Waals surface area contributed by atoms with E-state index in [1.54, 1.807) is 0 Å². The lowest BCUT2D eigenvalue weighted by atomic mass is 9.30. The van der Waals surface area contributed by atoms with Gasteiger partial charge in [-0.05, 0) is 146 Å². The van der Waals surface area contributed by atoms with E-state index in [-0.39, 0.29) is 13.4 Å². The molecule has 4 aliphatic rings. The van der Waals surface area contributed by atoms with Gasteiger partial charge < -0.3 is 29.2 Å². The number of benzene rings is 16. The van der Waals surface area contributed by atoms with E-state index in [1.807, 2.05) is 0 Å². The molecule has 4 aliphatic heterocycles. The molecule has 0 aliphatic carbocycles. The summed E-state index contributed by atoms with van der Waals surface area (Å²) in [6.07, 6.45) is 0. The second-order valence-electron chi connectivity index (χ2n) is 27.0. The lowest BCUT2D eigenvalue weighted by Crippen LogP contribution is -2.64. The number of hydrogen-bond donors (Lipinski definition) is 0. The van der Waals surface area contributed by atoms with Crippen molar-refractivity contribution in [3.8, 4) is 56.0 Å². The van der Waals surface area contributed by atoms with E-state index in [0.717, 1.165) is 152 Å². The fraction of sp³-hybridized carbons (Fsp3) is 0. The van der Waals surface area contributed by atoms with Crippen LogP contribution in [0, 0.1) is 0 Å². The SMILES string of the molecule is c1ccc(-c2ccccc2N(c2ccccc2)c2cc3c4c(c2)N(c2ccccc2-c2ccccc2)c2ccccc2B4c2cc4c(cc2O3)N(c2ccccc2)c2cc(N(c3ccccc3)c3ccccc3-c3ccccc3)cc3c2B4c2ccccc2N3c2ccccc2-c2ccccc2)cc1. The number of ether oxygens (including phenoxy) is 1. The highest BCUT2D eigenvalue weighted by Gasteiger charge is 2.49. The monoisotopic (exact) mass is 1330 g/mol. The summed E-state index contributed by atoms with van der Waals surface area (Å²) in [4.78, 5) is 12.5. The van der Waals surface area contributed by atoms with Gasteiger partial charge in [-0.15, -0.1) is 0 Å². The van der Waals surface area contributed by atoms with Gasteiger partial charge in [0.1, 0.15) is 11.5 Å². The second-order valence-corrected chi connectivity index (χ2v) is 27.0. The zero-order valence-corrected chi connectivity index (χ0v) is 56.8. The predicted molar refractivity (Wildman–Crippen MR) is 437 cm³/mol. The molecule has 20 rings (SSSR count). The third-order valence-electron chi connectivity index (χ3n) is 21.2. The van der Waals surface area contributed by atoms with Crippen molar-refractivity contribution >= 4 is 132 Å². The number of rotatable bonds is 13. The summed E-state index contributed by atoms with van der Waals surface area (Å²) in [5.74, 6) is 1.60. The third-order valence-corrected chi connectivity index (χ3v) is 21.2. The van der Waals surface area contributed by atoms with E-state index in [0.29, 0.717) is 0 Å². The summed E-state index contributed by atoms with van der Waals surface area (Å²) in [7, 11) is 0. The van der Waals surface area contributed by atoms with Gasteiger partial charge in [-0.2, -0.15) is 0 Å². The highest BCUT2D eigenvalue weighted by Crippen LogP contribution is 2.54. The molecule has 0 amide bonds. The Morgan fingerprint density at radius 1 is 0.212 bits per heavy atom. The summed E-state index contributed by atoms with van der Waals surface area (Å²) in [5, 5.41) is 0. The molecule has 104 heavy (non-hydrogen) atoms. The maximum Gasteiger partial charge on any atom is 0.256 e. The molecule has 0 aromatic heterocycles. The number of hydrogen-bond acceptors (Lipinski definition) is 6. The van der Waals surface area contributed by atoms with Gasteiger partial charge in [0.2, 0.25) is 0 Å². The van der Waals surface area contributed by atoms with Crippen LogP contribution in [0.2, 0.25) is 0 Å². The minimum atomic E-state index is -0.258. The smallest absolute Gasteiger partial charge is 0.256 e. The van der Waals surface area contributed by atoms with Crippen LogP contribution in [-0.4, -0.2) is 13.4 Å². The Bertz CT molecular complexity index is 5950. The average molecular weight is 1330 g/mol. The molecule has 0 unspecified atom stereocenters. The molecule has 0 atom stereocenters. The van der Waals surface area contributed by atoms with E-state index in [1.165, 1.54) is 21.9 Å². The van der Waals surface area contributed by atoms with Gasteiger partial charge in [0, 0.05) is 85.6 Å². The molecule has 0 N–H and O–H groups in total. The fourth-order valence-electron chi connectivity index (χ4n) is 16.9. The molecule has 16 aromatic carbocycles. The van der Waals surface area contributed by atoms with E-state index in [4.69, 9.17) is 4.74 Å². The first-order chi connectivity index (χ1) is 51.7. The van der Waals surface area contributed by atoms with Crippen LogP contribution in [-0.2, 0) is 0 Å². The Balaban J connectivity index is 0.871. The van der Waals surface area contributed by atoms with Crippen LogP contribution in [0.3, 0.4) is 0 Å². The van der Waals surface area contributed by atoms with Crippen molar-refractivity contribution < 1.29 is 4.74 Å². The number of fused-ring (bicyclic) bond motifs is 8. The number of anilines is 15. The summed E-state index contributed by atoms with van der Waals surface area (Å²) >= 11 is 0. The quantitative estimate of drug-likeness (QED) is 0.107. The first-order valence-corrected chi connectivity index (χ1v) is 35.8. The van der Waals surface area contributed by atoms with E-state index >= 15 is 0 Å². The van der Waals surface area contributed by atoms with Crippen LogP contribution in [0.5, 0.6) is 11.5 Å². The zero-order chi connectivity index (χ0) is 68.6. The van der Waals surface area contributed by atoms with Gasteiger partial charge in [0.05, 0.1) is 34.1 Å². The first-order valence-electron chi connectivity index (χ1n) is 35.8. The van der Waals surface area contributed by atoms with E-state index < -0.39 is 0 Å². The summed E-state index contributed by atoms with van der Waals surface area (Å²) in [6, 6.07) is 144. The molecule has 6 nitrogen and oxygen atoms in total. The maximum absolute atomic E-state index is 8.00. The summed E-state index contributed by atoms with van der Waals surface area (Å²) in [5.41, 5.74) is 31.9. The van der Waals surface area contributed by atoms with Gasteiger partial charge in [0.25, 0.3) is 13.4 Å². The average Bonchev–Trinajstić information content (AvgIpc) is 0.689. The van der Waals surface area contributed by atoms with Crippen LogP contribution in [0.4, 0.5) is 85.3 Å². The van der Waals surface area contributed by atoms with Crippen molar-refractivity contribution in [3.05, 3.63) is 394 Å². The number of nitrogens with zero attached hydrogens (tertiary/aromatic N) is 5. The van der Waals surface area contributed by atoms with Crippen molar-refractivity contribution in [1.82, 2.24) is 0 Å². The predicted octanol–water partition coefficient (Wildman–Crippen LogP) is 21.8. The molecule has 8 heteroatoms. The minimum absolute atomic E-state index is 0.243. The topological polar surface area (TPSA) is 25.4 Å². The molecule has 0 spiro atoms. The summed E-state index contributed by atoms with van der Waals surface area (Å²) in [6.45, 7) is -0.500. The van der Waals surface area contributed by atoms with Crippen LogP contribution < -0.4 is 62.0 Å². The molecule has 16 aromatic rings. The molecule has 4 heterocycles. The van der Waals surface area contributed by atoms with Gasteiger partial charge in [-0.3, -0.25) is 0 Å². The van der Waals surface area contributed by atoms with Gasteiger partial charge in [-0.25, -0.2) is 0 Å². The Labute approximate surface area is 607 Å². The largest absolute Gasteiger partial charge is 0.458 e. The van der Waals surface area contributed by atoms with E-state index in [2.05, 4.69) is 419 Å². The molecule has 486 valence electrons. The highest BCUT2D eigenvalue weighted by molar-refractivity contribution is 7.02. The minimum Gasteiger partial charge on any atom is -0.458 e. The van der Waals surface area contributed by atoms with Crippen LogP contribution >= 0.6 is 0 Å². The lowest BCUT2D eigenvalue weighted by molar-refractivity contribution is 0.488. The Morgan fingerprint density at radius 3 is 1.03 bits per heavy atom. The molecular formula is C96H65B2N5O. The molecule has 0 saturated carbocycles. The van der Waals surface area contributed by atoms with Crippen LogP contribution in [0.15, 0.2) is 394 Å². The van der Waals surface area contributed by atoms with Crippen molar-refractivity contribution in [3.63, 3.8) is 0 Å².